The number of carbonyl (C=O) groups is 1. The second-order valence-electron chi connectivity index (χ2n) is 6.98. The van der Waals surface area contributed by atoms with Crippen molar-refractivity contribution >= 4 is 14.4 Å². The van der Waals surface area contributed by atoms with Crippen molar-refractivity contribution in [2.45, 2.75) is 70.5 Å². The summed E-state index contributed by atoms with van der Waals surface area (Å²) in [4.78, 5) is 12.5. The van der Waals surface area contributed by atoms with Crippen LogP contribution in [0.4, 0.5) is 4.79 Å². The number of nitrogens with zero attached hydrogens (tertiary/aromatic N) is 1. The lowest BCUT2D eigenvalue weighted by molar-refractivity contribution is -0.0287. The van der Waals surface area contributed by atoms with Gasteiger partial charge in [0.15, 0.2) is 8.32 Å². The smallest absolute Gasteiger partial charge is 0.407 e. The van der Waals surface area contributed by atoms with Gasteiger partial charge < -0.3 is 19.5 Å². The summed E-state index contributed by atoms with van der Waals surface area (Å²) in [5, 5.41) is 19.1. The van der Waals surface area contributed by atoms with E-state index in [9.17, 15) is 15.0 Å². The molecule has 1 aliphatic heterocycles. The van der Waals surface area contributed by atoms with E-state index in [-0.39, 0.29) is 23.7 Å². The molecule has 19 heavy (non-hydrogen) atoms. The number of amides is 1. The molecule has 1 rings (SSSR count). The fourth-order valence-corrected chi connectivity index (χ4v) is 3.49. The van der Waals surface area contributed by atoms with Gasteiger partial charge in [0.1, 0.15) is 0 Å². The van der Waals surface area contributed by atoms with Crippen molar-refractivity contribution in [1.29, 1.82) is 0 Å². The van der Waals surface area contributed by atoms with Gasteiger partial charge in [-0.1, -0.05) is 20.8 Å². The van der Waals surface area contributed by atoms with Crippen LogP contribution >= 0.6 is 0 Å². The van der Waals surface area contributed by atoms with Crippen molar-refractivity contribution in [3.8, 4) is 0 Å². The van der Waals surface area contributed by atoms with Gasteiger partial charge in [-0.05, 0) is 25.1 Å². The number of hydrogen-bond acceptors (Lipinski definition) is 3. The van der Waals surface area contributed by atoms with Gasteiger partial charge in [-0.15, -0.1) is 0 Å². The fourth-order valence-electron chi connectivity index (χ4n) is 2.09. The van der Waals surface area contributed by atoms with Crippen LogP contribution in [-0.2, 0) is 4.43 Å². The normalized spacial score (nSPS) is 29.4. The maximum atomic E-state index is 11.2. The largest absolute Gasteiger partial charge is 0.465 e. The molecule has 0 radical (unpaired) electrons. The molecule has 1 aliphatic rings. The monoisotopic (exact) mass is 289 g/mol. The van der Waals surface area contributed by atoms with Gasteiger partial charge in [0, 0.05) is 6.42 Å². The number of rotatable bonds is 2. The lowest BCUT2D eigenvalue weighted by Gasteiger charge is -2.46. The van der Waals surface area contributed by atoms with Gasteiger partial charge in [-0.2, -0.15) is 0 Å². The summed E-state index contributed by atoms with van der Waals surface area (Å²) >= 11 is 0. The van der Waals surface area contributed by atoms with Crippen molar-refractivity contribution < 1.29 is 19.4 Å². The van der Waals surface area contributed by atoms with Crippen LogP contribution in [0.3, 0.4) is 0 Å². The van der Waals surface area contributed by atoms with Gasteiger partial charge in [-0.25, -0.2) is 4.79 Å². The molecular formula is C13H27NO4Si. The third kappa shape index (κ3) is 3.70. The Morgan fingerprint density at radius 3 is 2.32 bits per heavy atom. The minimum Gasteiger partial charge on any atom is -0.465 e. The zero-order valence-corrected chi connectivity index (χ0v) is 13.8. The molecule has 0 unspecified atom stereocenters. The molecule has 1 heterocycles. The summed E-state index contributed by atoms with van der Waals surface area (Å²) in [5.74, 6) is 0. The molecule has 112 valence electrons. The van der Waals surface area contributed by atoms with Crippen molar-refractivity contribution in [2.24, 2.45) is 0 Å². The molecule has 1 saturated heterocycles. The van der Waals surface area contributed by atoms with Crippen LogP contribution < -0.4 is 0 Å². The van der Waals surface area contributed by atoms with E-state index in [1.54, 1.807) is 0 Å². The van der Waals surface area contributed by atoms with Gasteiger partial charge in [0.25, 0.3) is 0 Å². The maximum Gasteiger partial charge on any atom is 0.407 e. The highest BCUT2D eigenvalue weighted by Crippen LogP contribution is 2.39. The summed E-state index contributed by atoms with van der Waals surface area (Å²) in [6.45, 7) is 12.8. The number of likely N-dealkylation sites (tertiary alicyclic amines) is 1. The number of hydrogen-bond donors (Lipinski definition) is 2. The zero-order chi connectivity index (χ0) is 15.0. The molecule has 3 atom stereocenters. The Morgan fingerprint density at radius 1 is 1.37 bits per heavy atom. The van der Waals surface area contributed by atoms with Crippen molar-refractivity contribution in [3.63, 3.8) is 0 Å². The van der Waals surface area contributed by atoms with Crippen LogP contribution in [0.5, 0.6) is 0 Å². The minimum absolute atomic E-state index is 0.0726. The average Bonchev–Trinajstić information content (AvgIpc) is 2.20. The molecular weight excluding hydrogens is 262 g/mol. The average molecular weight is 289 g/mol. The van der Waals surface area contributed by atoms with Gasteiger partial charge >= 0.3 is 6.09 Å². The molecule has 6 heteroatoms. The SMILES string of the molecule is C[C@H]1[C@@H](O[Si](C)(C)C(C)(C)C)C[C@@H](O)CN1C(=O)O. The van der Waals surface area contributed by atoms with Gasteiger partial charge in [0.05, 0.1) is 24.8 Å². The van der Waals surface area contributed by atoms with Crippen LogP contribution in [-0.4, -0.2) is 54.3 Å². The molecule has 5 nitrogen and oxygen atoms in total. The predicted octanol–water partition coefficient (Wildman–Crippen LogP) is 2.51. The number of β-amino-alcohol motifs (C(OH)–C–C–N with tert-alkyl or cyclic N) is 1. The van der Waals surface area contributed by atoms with E-state index in [2.05, 4.69) is 33.9 Å². The van der Waals surface area contributed by atoms with Gasteiger partial charge in [0.2, 0.25) is 0 Å². The Labute approximate surface area is 116 Å². The second kappa shape index (κ2) is 5.42. The van der Waals surface area contributed by atoms with Crippen LogP contribution in [0.1, 0.15) is 34.1 Å². The standard InChI is InChI=1S/C13H27NO4Si/c1-9-11(18-19(5,6)13(2,3)4)7-10(15)8-14(9)12(16)17/h9-11,15H,7-8H2,1-6H3,(H,16,17)/t9-,10+,11-/m0/s1. The van der Waals surface area contributed by atoms with Crippen molar-refractivity contribution in [3.05, 3.63) is 0 Å². The molecule has 2 N–H and O–H groups in total. The zero-order valence-electron chi connectivity index (χ0n) is 12.8. The first-order valence-electron chi connectivity index (χ1n) is 6.81. The summed E-state index contributed by atoms with van der Waals surface area (Å²) < 4.78 is 6.28. The number of carboxylic acid groups (broad SMARTS) is 1. The Hall–Kier alpha value is -0.593. The molecule has 0 spiro atoms. The van der Waals surface area contributed by atoms with E-state index >= 15 is 0 Å². The Kier molecular flexibility index (Phi) is 4.69. The van der Waals surface area contributed by atoms with Crippen LogP contribution in [0.25, 0.3) is 0 Å². The quantitative estimate of drug-likeness (QED) is 0.766. The Morgan fingerprint density at radius 2 is 1.89 bits per heavy atom. The Balaban J connectivity index is 2.85. The topological polar surface area (TPSA) is 70.0 Å². The predicted molar refractivity (Wildman–Crippen MR) is 76.9 cm³/mol. The van der Waals surface area contributed by atoms with E-state index in [1.807, 2.05) is 6.92 Å². The fraction of sp³-hybridized carbons (Fsp3) is 0.923. The van der Waals surface area contributed by atoms with Crippen LogP contribution in [0.15, 0.2) is 0 Å². The van der Waals surface area contributed by atoms with Crippen LogP contribution in [0.2, 0.25) is 18.1 Å². The van der Waals surface area contributed by atoms with E-state index < -0.39 is 20.5 Å². The summed E-state index contributed by atoms with van der Waals surface area (Å²) in [6, 6.07) is -0.213. The first-order chi connectivity index (χ1) is 8.45. The Bertz CT molecular complexity index is 340. The van der Waals surface area contributed by atoms with Crippen molar-refractivity contribution in [1.82, 2.24) is 4.90 Å². The van der Waals surface area contributed by atoms with E-state index in [4.69, 9.17) is 4.43 Å². The van der Waals surface area contributed by atoms with E-state index in [0.717, 1.165) is 0 Å². The number of aliphatic hydroxyl groups is 1. The molecule has 0 aromatic carbocycles. The molecule has 0 aromatic heterocycles. The lowest BCUT2D eigenvalue weighted by atomic mass is 9.99. The first kappa shape index (κ1) is 16.5. The number of aliphatic hydroxyl groups excluding tert-OH is 1. The third-order valence-corrected chi connectivity index (χ3v) is 8.94. The highest BCUT2D eigenvalue weighted by molar-refractivity contribution is 6.74. The second-order valence-corrected chi connectivity index (χ2v) is 11.7. The van der Waals surface area contributed by atoms with E-state index in [0.29, 0.717) is 6.42 Å². The highest BCUT2D eigenvalue weighted by atomic mass is 28.4. The van der Waals surface area contributed by atoms with Crippen molar-refractivity contribution in [2.75, 3.05) is 6.54 Å². The molecule has 1 amide bonds. The highest BCUT2D eigenvalue weighted by Gasteiger charge is 2.44. The summed E-state index contributed by atoms with van der Waals surface area (Å²) in [7, 11) is -1.96. The summed E-state index contributed by atoms with van der Waals surface area (Å²) in [5.41, 5.74) is 0. The van der Waals surface area contributed by atoms with Crippen LogP contribution in [0, 0.1) is 0 Å². The third-order valence-electron chi connectivity index (χ3n) is 4.44. The van der Waals surface area contributed by atoms with Gasteiger partial charge in [-0.3, -0.25) is 0 Å². The molecule has 1 fully saturated rings. The first-order valence-corrected chi connectivity index (χ1v) is 9.72. The minimum atomic E-state index is -1.96. The summed E-state index contributed by atoms with van der Waals surface area (Å²) in [6.07, 6.45) is -1.34. The lowest BCUT2D eigenvalue weighted by Crippen LogP contribution is -2.58. The molecule has 0 bridgehead atoms. The molecule has 0 aliphatic carbocycles. The van der Waals surface area contributed by atoms with E-state index in [1.165, 1.54) is 4.90 Å². The maximum absolute atomic E-state index is 11.2. The molecule has 0 aromatic rings. The number of piperidine rings is 1. The molecule has 0 saturated carbocycles.